The Hall–Kier alpha value is 0.290. The molecular formula is C8H11IN2S. The third-order valence-electron chi connectivity index (χ3n) is 2.13. The fraction of sp³-hybridized carbons (Fsp3) is 0.625. The maximum absolute atomic E-state index is 4.34. The first kappa shape index (κ1) is 8.87. The zero-order chi connectivity index (χ0) is 8.39. The van der Waals surface area contributed by atoms with Crippen LogP contribution in [0.3, 0.4) is 0 Å². The molecule has 1 aliphatic heterocycles. The van der Waals surface area contributed by atoms with E-state index in [1.165, 1.54) is 27.9 Å². The number of aromatic nitrogens is 2. The molecule has 0 amide bonds. The zero-order valence-corrected chi connectivity index (χ0v) is 9.72. The van der Waals surface area contributed by atoms with E-state index in [1.54, 1.807) is 0 Å². The van der Waals surface area contributed by atoms with Crippen LogP contribution in [0.5, 0.6) is 0 Å². The first-order valence-corrected chi connectivity index (χ1v) is 6.37. The number of nitrogens with zero attached hydrogens (tertiary/aromatic N) is 2. The highest BCUT2D eigenvalue weighted by molar-refractivity contribution is 14.1. The van der Waals surface area contributed by atoms with Gasteiger partial charge in [0.05, 0.1) is 15.8 Å². The van der Waals surface area contributed by atoms with Crippen LogP contribution in [-0.2, 0) is 0 Å². The van der Waals surface area contributed by atoms with Gasteiger partial charge in [-0.05, 0) is 46.9 Å². The van der Waals surface area contributed by atoms with Gasteiger partial charge in [0.2, 0.25) is 0 Å². The summed E-state index contributed by atoms with van der Waals surface area (Å²) in [5.41, 5.74) is 0. The van der Waals surface area contributed by atoms with Crippen molar-refractivity contribution >= 4 is 34.4 Å². The topological polar surface area (TPSA) is 17.8 Å². The summed E-state index contributed by atoms with van der Waals surface area (Å²) in [7, 11) is 0. The number of hydrogen-bond acceptors (Lipinski definition) is 2. The van der Waals surface area contributed by atoms with Crippen molar-refractivity contribution in [1.82, 2.24) is 9.78 Å². The lowest BCUT2D eigenvalue weighted by Crippen LogP contribution is -2.15. The van der Waals surface area contributed by atoms with Crippen molar-refractivity contribution in [2.75, 3.05) is 11.5 Å². The third kappa shape index (κ3) is 1.96. The van der Waals surface area contributed by atoms with Crippen LogP contribution in [0.1, 0.15) is 18.9 Å². The second kappa shape index (κ2) is 4.00. The molecule has 2 nitrogen and oxygen atoms in total. The third-order valence-corrected chi connectivity index (χ3v) is 3.74. The van der Waals surface area contributed by atoms with Crippen molar-refractivity contribution in [3.05, 3.63) is 16.0 Å². The number of rotatable bonds is 1. The van der Waals surface area contributed by atoms with Gasteiger partial charge in [-0.2, -0.15) is 16.9 Å². The molecule has 1 saturated heterocycles. The maximum atomic E-state index is 4.34. The molecule has 0 aromatic carbocycles. The van der Waals surface area contributed by atoms with E-state index in [9.17, 15) is 0 Å². The summed E-state index contributed by atoms with van der Waals surface area (Å²) >= 11 is 4.37. The first-order chi connectivity index (χ1) is 5.86. The molecule has 1 aromatic rings. The van der Waals surface area contributed by atoms with Gasteiger partial charge in [-0.1, -0.05) is 0 Å². The van der Waals surface area contributed by atoms with Crippen LogP contribution in [0.4, 0.5) is 0 Å². The summed E-state index contributed by atoms with van der Waals surface area (Å²) in [6.07, 6.45) is 6.63. The standard InChI is InChI=1S/C8H11IN2S/c9-7-5-10-11(6-7)8-1-3-12-4-2-8/h5-6,8H,1-4H2. The molecule has 12 heavy (non-hydrogen) atoms. The van der Waals surface area contributed by atoms with Gasteiger partial charge in [0.25, 0.3) is 0 Å². The SMILES string of the molecule is Ic1cnn(C2CCSCC2)c1. The Morgan fingerprint density at radius 2 is 2.25 bits per heavy atom. The van der Waals surface area contributed by atoms with Crippen molar-refractivity contribution in [3.8, 4) is 0 Å². The van der Waals surface area contributed by atoms with E-state index >= 15 is 0 Å². The van der Waals surface area contributed by atoms with Crippen LogP contribution < -0.4 is 0 Å². The quantitative estimate of drug-likeness (QED) is 0.741. The second-order valence-corrected chi connectivity index (χ2v) is 5.45. The van der Waals surface area contributed by atoms with E-state index in [0.717, 1.165) is 0 Å². The van der Waals surface area contributed by atoms with E-state index in [2.05, 4.69) is 50.3 Å². The summed E-state index contributed by atoms with van der Waals surface area (Å²) < 4.78 is 3.37. The van der Waals surface area contributed by atoms with Gasteiger partial charge in [-0.3, -0.25) is 4.68 Å². The fourth-order valence-electron chi connectivity index (χ4n) is 1.46. The highest BCUT2D eigenvalue weighted by atomic mass is 127. The molecule has 0 unspecified atom stereocenters. The molecule has 0 saturated carbocycles. The van der Waals surface area contributed by atoms with Crippen molar-refractivity contribution in [2.24, 2.45) is 0 Å². The summed E-state index contributed by atoms with van der Waals surface area (Å²) in [6, 6.07) is 0.662. The Kier molecular flexibility index (Phi) is 2.96. The van der Waals surface area contributed by atoms with Crippen LogP contribution in [0.25, 0.3) is 0 Å². The average Bonchev–Trinajstić information content (AvgIpc) is 2.54. The minimum atomic E-state index is 0.662. The first-order valence-electron chi connectivity index (χ1n) is 4.13. The van der Waals surface area contributed by atoms with E-state index in [4.69, 9.17) is 0 Å². The van der Waals surface area contributed by atoms with Gasteiger partial charge < -0.3 is 0 Å². The molecule has 0 N–H and O–H groups in total. The molecule has 1 fully saturated rings. The molecular weight excluding hydrogens is 283 g/mol. The van der Waals surface area contributed by atoms with Crippen molar-refractivity contribution < 1.29 is 0 Å². The summed E-state index contributed by atoms with van der Waals surface area (Å²) in [6.45, 7) is 0. The van der Waals surface area contributed by atoms with Crippen LogP contribution in [-0.4, -0.2) is 21.3 Å². The lowest BCUT2D eigenvalue weighted by Gasteiger charge is -2.21. The highest BCUT2D eigenvalue weighted by Crippen LogP contribution is 2.26. The molecule has 0 aliphatic carbocycles. The van der Waals surface area contributed by atoms with Gasteiger partial charge in [0.1, 0.15) is 0 Å². The van der Waals surface area contributed by atoms with Gasteiger partial charge >= 0.3 is 0 Å². The molecule has 4 heteroatoms. The highest BCUT2D eigenvalue weighted by Gasteiger charge is 2.15. The van der Waals surface area contributed by atoms with E-state index < -0.39 is 0 Å². The Morgan fingerprint density at radius 1 is 1.50 bits per heavy atom. The van der Waals surface area contributed by atoms with Gasteiger partial charge in [-0.25, -0.2) is 0 Å². The number of hydrogen-bond donors (Lipinski definition) is 0. The van der Waals surface area contributed by atoms with Gasteiger partial charge in [-0.15, -0.1) is 0 Å². The van der Waals surface area contributed by atoms with Gasteiger partial charge in [0, 0.05) is 6.20 Å². The number of thioether (sulfide) groups is 1. The molecule has 0 radical (unpaired) electrons. The van der Waals surface area contributed by atoms with Crippen molar-refractivity contribution in [2.45, 2.75) is 18.9 Å². The smallest absolute Gasteiger partial charge is 0.0623 e. The van der Waals surface area contributed by atoms with Crippen LogP contribution >= 0.6 is 34.4 Å². The average molecular weight is 294 g/mol. The molecule has 2 rings (SSSR count). The minimum absolute atomic E-state index is 0.662. The lowest BCUT2D eigenvalue weighted by molar-refractivity contribution is 0.426. The molecule has 1 aliphatic rings. The van der Waals surface area contributed by atoms with Crippen molar-refractivity contribution in [1.29, 1.82) is 0 Å². The van der Waals surface area contributed by atoms with Gasteiger partial charge in [0.15, 0.2) is 0 Å². The monoisotopic (exact) mass is 294 g/mol. The van der Waals surface area contributed by atoms with Crippen LogP contribution in [0, 0.1) is 3.57 Å². The Morgan fingerprint density at radius 3 is 2.83 bits per heavy atom. The molecule has 0 bridgehead atoms. The normalized spacial score (nSPS) is 19.8. The second-order valence-electron chi connectivity index (χ2n) is 2.98. The van der Waals surface area contributed by atoms with E-state index in [-0.39, 0.29) is 0 Å². The van der Waals surface area contributed by atoms with E-state index in [0.29, 0.717) is 6.04 Å². The minimum Gasteiger partial charge on any atom is -0.269 e. The molecule has 66 valence electrons. The van der Waals surface area contributed by atoms with Crippen LogP contribution in [0.15, 0.2) is 12.4 Å². The largest absolute Gasteiger partial charge is 0.269 e. The van der Waals surface area contributed by atoms with Crippen LogP contribution in [0.2, 0.25) is 0 Å². The Labute approximate surface area is 90.2 Å². The predicted octanol–water partition coefficient (Wildman–Crippen LogP) is 2.56. The predicted molar refractivity (Wildman–Crippen MR) is 60.5 cm³/mol. The molecule has 2 heterocycles. The summed E-state index contributed by atoms with van der Waals surface area (Å²) in [4.78, 5) is 0. The Bertz CT molecular complexity index is 255. The lowest BCUT2D eigenvalue weighted by atomic mass is 10.2. The van der Waals surface area contributed by atoms with E-state index in [1.807, 2.05) is 6.20 Å². The number of halogens is 1. The summed E-state index contributed by atoms with van der Waals surface area (Å²) in [5, 5.41) is 4.34. The van der Waals surface area contributed by atoms with Crippen molar-refractivity contribution in [3.63, 3.8) is 0 Å². The summed E-state index contributed by atoms with van der Waals surface area (Å²) in [5.74, 6) is 2.59. The molecule has 1 aromatic heterocycles. The Balaban J connectivity index is 2.08. The zero-order valence-electron chi connectivity index (χ0n) is 6.74. The maximum Gasteiger partial charge on any atom is 0.0623 e. The fourth-order valence-corrected chi connectivity index (χ4v) is 2.96. The molecule has 0 spiro atoms. The molecule has 0 atom stereocenters.